The molecule has 2 amide bonds. The lowest BCUT2D eigenvalue weighted by Gasteiger charge is -2.04. The van der Waals surface area contributed by atoms with Crippen LogP contribution in [0.15, 0.2) is 30.3 Å². The van der Waals surface area contributed by atoms with Gasteiger partial charge in [-0.05, 0) is 30.2 Å². The molecule has 2 N–H and O–H groups in total. The van der Waals surface area contributed by atoms with E-state index < -0.39 is 5.91 Å². The Bertz CT molecular complexity index is 469. The minimum absolute atomic E-state index is 0.206. The van der Waals surface area contributed by atoms with Crippen LogP contribution in [0.4, 0.5) is 4.39 Å². The zero-order valence-corrected chi connectivity index (χ0v) is 11.5. The molecular formula is C15H19FN2O2. The Hall–Kier alpha value is -2.17. The number of rotatable bonds is 6. The zero-order valence-electron chi connectivity index (χ0n) is 11.5. The van der Waals surface area contributed by atoms with Gasteiger partial charge in [-0.3, -0.25) is 20.4 Å². The highest BCUT2D eigenvalue weighted by molar-refractivity contribution is 5.93. The molecule has 1 aromatic carbocycles. The number of carbonyl (C=O) groups excluding carboxylic acids is 2. The first-order valence-corrected chi connectivity index (χ1v) is 6.64. The number of hydrogen-bond donors (Lipinski definition) is 2. The van der Waals surface area contributed by atoms with Crippen LogP contribution in [0.5, 0.6) is 0 Å². The Kier molecular flexibility index (Phi) is 7.03. The lowest BCUT2D eigenvalue weighted by molar-refractivity contribution is -0.126. The molecule has 4 nitrogen and oxygen atoms in total. The summed E-state index contributed by atoms with van der Waals surface area (Å²) in [5.74, 6) is -0.967. The first kappa shape index (κ1) is 15.9. The van der Waals surface area contributed by atoms with Crippen molar-refractivity contribution in [1.82, 2.24) is 10.9 Å². The average molecular weight is 278 g/mol. The van der Waals surface area contributed by atoms with Gasteiger partial charge in [0.1, 0.15) is 5.82 Å². The van der Waals surface area contributed by atoms with E-state index in [2.05, 4.69) is 17.8 Å². The van der Waals surface area contributed by atoms with E-state index in [0.717, 1.165) is 19.3 Å². The van der Waals surface area contributed by atoms with Gasteiger partial charge in [-0.2, -0.15) is 0 Å². The van der Waals surface area contributed by atoms with Crippen molar-refractivity contribution in [3.63, 3.8) is 0 Å². The third-order valence-electron chi connectivity index (χ3n) is 2.63. The van der Waals surface area contributed by atoms with E-state index in [1.54, 1.807) is 12.1 Å². The van der Waals surface area contributed by atoms with Crippen LogP contribution < -0.4 is 10.9 Å². The number of unbranched alkanes of at least 4 members (excludes halogenated alkanes) is 2. The standard InChI is InChI=1S/C15H19FN2O2/c1-2-3-4-5-14(19)17-18-15(20)11-8-12-6-9-13(16)10-7-12/h6-11H,2-5H2,1H3,(H,17,19)(H,18,20)/b11-8+. The summed E-state index contributed by atoms with van der Waals surface area (Å²) in [4.78, 5) is 22.8. The third-order valence-corrected chi connectivity index (χ3v) is 2.63. The number of benzene rings is 1. The topological polar surface area (TPSA) is 58.2 Å². The molecule has 0 fully saturated rings. The minimum Gasteiger partial charge on any atom is -0.273 e. The number of carbonyl (C=O) groups is 2. The summed E-state index contributed by atoms with van der Waals surface area (Å²) in [7, 11) is 0. The van der Waals surface area contributed by atoms with E-state index in [1.807, 2.05) is 0 Å². The third kappa shape index (κ3) is 6.68. The molecule has 0 saturated heterocycles. The largest absolute Gasteiger partial charge is 0.273 e. The second-order valence-electron chi connectivity index (χ2n) is 4.38. The molecule has 0 spiro atoms. The summed E-state index contributed by atoms with van der Waals surface area (Å²) in [6, 6.07) is 5.74. The van der Waals surface area contributed by atoms with Gasteiger partial charge in [0.05, 0.1) is 0 Å². The van der Waals surface area contributed by atoms with Crippen LogP contribution in [0.2, 0.25) is 0 Å². The first-order valence-electron chi connectivity index (χ1n) is 6.64. The molecule has 0 unspecified atom stereocenters. The van der Waals surface area contributed by atoms with Crippen molar-refractivity contribution < 1.29 is 14.0 Å². The van der Waals surface area contributed by atoms with Gasteiger partial charge < -0.3 is 0 Å². The van der Waals surface area contributed by atoms with Crippen molar-refractivity contribution in [3.8, 4) is 0 Å². The Morgan fingerprint density at radius 2 is 1.85 bits per heavy atom. The molecule has 0 heterocycles. The highest BCUT2D eigenvalue weighted by Gasteiger charge is 2.01. The smallest absolute Gasteiger partial charge is 0.262 e. The van der Waals surface area contributed by atoms with Crippen molar-refractivity contribution in [2.45, 2.75) is 32.6 Å². The van der Waals surface area contributed by atoms with Gasteiger partial charge in [-0.25, -0.2) is 4.39 Å². The van der Waals surface area contributed by atoms with Crippen LogP contribution in [0.3, 0.4) is 0 Å². The molecule has 1 rings (SSSR count). The van der Waals surface area contributed by atoms with Crippen LogP contribution in [-0.2, 0) is 9.59 Å². The summed E-state index contributed by atoms with van der Waals surface area (Å²) in [6.07, 6.45) is 6.06. The summed E-state index contributed by atoms with van der Waals surface area (Å²) in [5, 5.41) is 0. The predicted molar refractivity (Wildman–Crippen MR) is 75.9 cm³/mol. The second kappa shape index (κ2) is 8.85. The molecule has 0 aromatic heterocycles. The monoisotopic (exact) mass is 278 g/mol. The number of amides is 2. The van der Waals surface area contributed by atoms with Gasteiger partial charge in [0, 0.05) is 12.5 Å². The van der Waals surface area contributed by atoms with E-state index in [0.29, 0.717) is 12.0 Å². The molecule has 108 valence electrons. The summed E-state index contributed by atoms with van der Waals surface area (Å²) in [6.45, 7) is 2.06. The summed E-state index contributed by atoms with van der Waals surface area (Å²) >= 11 is 0. The molecule has 0 bridgehead atoms. The molecule has 1 aromatic rings. The van der Waals surface area contributed by atoms with Crippen molar-refractivity contribution in [2.24, 2.45) is 0 Å². The Balaban J connectivity index is 2.29. The molecule has 0 aliphatic rings. The van der Waals surface area contributed by atoms with E-state index in [1.165, 1.54) is 24.3 Å². The number of nitrogens with one attached hydrogen (secondary N) is 2. The molecule has 20 heavy (non-hydrogen) atoms. The Labute approximate surface area is 118 Å². The highest BCUT2D eigenvalue weighted by atomic mass is 19.1. The van der Waals surface area contributed by atoms with Gasteiger partial charge in [-0.1, -0.05) is 31.9 Å². The van der Waals surface area contributed by atoms with Gasteiger partial charge in [0.2, 0.25) is 5.91 Å². The fourth-order valence-corrected chi connectivity index (χ4v) is 1.52. The first-order chi connectivity index (χ1) is 9.61. The van der Waals surface area contributed by atoms with E-state index in [9.17, 15) is 14.0 Å². The van der Waals surface area contributed by atoms with Crippen LogP contribution in [0.25, 0.3) is 6.08 Å². The van der Waals surface area contributed by atoms with Crippen LogP contribution in [0, 0.1) is 5.82 Å². The van der Waals surface area contributed by atoms with Crippen LogP contribution in [-0.4, -0.2) is 11.8 Å². The summed E-state index contributed by atoms with van der Waals surface area (Å²) in [5.41, 5.74) is 5.33. The Morgan fingerprint density at radius 3 is 2.50 bits per heavy atom. The highest BCUT2D eigenvalue weighted by Crippen LogP contribution is 2.04. The number of halogens is 1. The fraction of sp³-hybridized carbons (Fsp3) is 0.333. The fourth-order valence-electron chi connectivity index (χ4n) is 1.52. The predicted octanol–water partition coefficient (Wildman–Crippen LogP) is 2.57. The van der Waals surface area contributed by atoms with Crippen molar-refractivity contribution in [1.29, 1.82) is 0 Å². The number of hydrazine groups is 1. The normalized spacial score (nSPS) is 10.5. The minimum atomic E-state index is -0.432. The molecule has 0 saturated carbocycles. The maximum atomic E-state index is 12.7. The second-order valence-corrected chi connectivity index (χ2v) is 4.38. The van der Waals surface area contributed by atoms with Gasteiger partial charge in [0.25, 0.3) is 5.91 Å². The number of hydrogen-bond acceptors (Lipinski definition) is 2. The lowest BCUT2D eigenvalue weighted by Crippen LogP contribution is -2.40. The maximum Gasteiger partial charge on any atom is 0.262 e. The quantitative estimate of drug-likeness (QED) is 0.477. The van der Waals surface area contributed by atoms with Crippen molar-refractivity contribution in [3.05, 3.63) is 41.7 Å². The zero-order chi connectivity index (χ0) is 14.8. The lowest BCUT2D eigenvalue weighted by atomic mass is 10.2. The summed E-state index contributed by atoms with van der Waals surface area (Å²) < 4.78 is 12.7. The van der Waals surface area contributed by atoms with Crippen molar-refractivity contribution >= 4 is 17.9 Å². The molecule has 0 atom stereocenters. The molecule has 0 radical (unpaired) electrons. The van der Waals surface area contributed by atoms with E-state index >= 15 is 0 Å². The molecule has 0 aliphatic heterocycles. The van der Waals surface area contributed by atoms with E-state index in [-0.39, 0.29) is 11.7 Å². The van der Waals surface area contributed by atoms with Gasteiger partial charge >= 0.3 is 0 Å². The molecule has 5 heteroatoms. The van der Waals surface area contributed by atoms with Gasteiger partial charge in [0.15, 0.2) is 0 Å². The van der Waals surface area contributed by atoms with E-state index in [4.69, 9.17) is 0 Å². The molecular weight excluding hydrogens is 259 g/mol. The van der Waals surface area contributed by atoms with Gasteiger partial charge in [-0.15, -0.1) is 0 Å². The Morgan fingerprint density at radius 1 is 1.15 bits per heavy atom. The average Bonchev–Trinajstić information content (AvgIpc) is 2.45. The van der Waals surface area contributed by atoms with Crippen LogP contribution >= 0.6 is 0 Å². The van der Waals surface area contributed by atoms with Crippen LogP contribution in [0.1, 0.15) is 38.2 Å². The molecule has 0 aliphatic carbocycles. The van der Waals surface area contributed by atoms with Crippen molar-refractivity contribution in [2.75, 3.05) is 0 Å². The maximum absolute atomic E-state index is 12.7. The SMILES string of the molecule is CCCCCC(=O)NNC(=O)/C=C/c1ccc(F)cc1.